The smallest absolute Gasteiger partial charge is 0.225 e. The minimum atomic E-state index is -0.564. The number of alkyl halides is 1. The van der Waals surface area contributed by atoms with Crippen molar-refractivity contribution in [3.05, 3.63) is 30.1 Å². The highest BCUT2D eigenvalue weighted by Crippen LogP contribution is 2.46. The number of likely N-dealkylation sites (tertiary alicyclic amines) is 1. The monoisotopic (exact) mass is 310 g/mol. The lowest BCUT2D eigenvalue weighted by Crippen LogP contribution is -2.60. The molecule has 3 rings (SSSR count). The molecule has 1 aromatic heterocycles. The zero-order valence-corrected chi connectivity index (χ0v) is 12.7. The first-order valence-electron chi connectivity index (χ1n) is 7.20. The summed E-state index contributed by atoms with van der Waals surface area (Å²) in [5.74, 6) is 0.888. The van der Waals surface area contributed by atoms with E-state index in [9.17, 15) is 9.18 Å². The average molecular weight is 310 g/mol. The van der Waals surface area contributed by atoms with Gasteiger partial charge >= 0.3 is 0 Å². The van der Waals surface area contributed by atoms with Crippen LogP contribution in [-0.4, -0.2) is 52.2 Å². The molecule has 1 spiro atoms. The first-order valence-corrected chi connectivity index (χ1v) is 8.18. The number of carbonyl (C=O) groups excluding carboxylic acids is 1. The molecular weight excluding hydrogens is 291 g/mol. The minimum Gasteiger partial charge on any atom is -0.371 e. The molecule has 0 saturated carbocycles. The summed E-state index contributed by atoms with van der Waals surface area (Å²) in [5, 5.41) is 0. The number of amides is 1. The molecule has 0 radical (unpaired) electrons. The van der Waals surface area contributed by atoms with Gasteiger partial charge in [0.2, 0.25) is 5.91 Å². The highest BCUT2D eigenvalue weighted by atomic mass is 32.2. The maximum Gasteiger partial charge on any atom is 0.225 e. The molecule has 3 heterocycles. The van der Waals surface area contributed by atoms with Crippen molar-refractivity contribution in [3.8, 4) is 0 Å². The van der Waals surface area contributed by atoms with Gasteiger partial charge in [-0.3, -0.25) is 14.2 Å². The van der Waals surface area contributed by atoms with Crippen molar-refractivity contribution >= 4 is 17.7 Å². The van der Waals surface area contributed by atoms with Crippen LogP contribution < -0.4 is 0 Å². The Morgan fingerprint density at radius 3 is 3.10 bits per heavy atom. The van der Waals surface area contributed by atoms with Crippen LogP contribution in [0.15, 0.2) is 24.4 Å². The molecule has 114 valence electrons. The molecule has 1 amide bonds. The minimum absolute atomic E-state index is 0.0142. The molecule has 2 saturated heterocycles. The van der Waals surface area contributed by atoms with Crippen molar-refractivity contribution in [1.82, 2.24) is 9.88 Å². The van der Waals surface area contributed by atoms with Gasteiger partial charge in [-0.1, -0.05) is 6.07 Å². The van der Waals surface area contributed by atoms with Gasteiger partial charge in [0.15, 0.2) is 0 Å². The Morgan fingerprint density at radius 1 is 1.52 bits per heavy atom. The quantitative estimate of drug-likeness (QED) is 0.835. The van der Waals surface area contributed by atoms with Gasteiger partial charge in [0, 0.05) is 25.0 Å². The SMILES string of the molecule is O=C(CCF)N1CC2(CC(OCc3ccccn3)CS2)C1. The molecule has 2 aliphatic heterocycles. The van der Waals surface area contributed by atoms with E-state index in [4.69, 9.17) is 4.74 Å². The van der Waals surface area contributed by atoms with E-state index in [1.807, 2.05) is 30.0 Å². The van der Waals surface area contributed by atoms with Crippen LogP contribution in [0, 0.1) is 0 Å². The van der Waals surface area contributed by atoms with E-state index in [0.717, 1.165) is 31.0 Å². The summed E-state index contributed by atoms with van der Waals surface area (Å²) >= 11 is 1.88. The Morgan fingerprint density at radius 2 is 2.38 bits per heavy atom. The van der Waals surface area contributed by atoms with Crippen LogP contribution >= 0.6 is 11.8 Å². The fourth-order valence-electron chi connectivity index (χ4n) is 2.88. The summed E-state index contributed by atoms with van der Waals surface area (Å²) in [6.07, 6.45) is 2.96. The second kappa shape index (κ2) is 6.32. The molecule has 0 bridgehead atoms. The first kappa shape index (κ1) is 14.8. The Kier molecular flexibility index (Phi) is 4.45. The third-order valence-electron chi connectivity index (χ3n) is 3.99. The lowest BCUT2D eigenvalue weighted by molar-refractivity contribution is -0.137. The topological polar surface area (TPSA) is 42.4 Å². The number of hydrogen-bond donors (Lipinski definition) is 0. The number of aromatic nitrogens is 1. The van der Waals surface area contributed by atoms with Crippen molar-refractivity contribution < 1.29 is 13.9 Å². The summed E-state index contributed by atoms with van der Waals surface area (Å²) in [6, 6.07) is 5.80. The largest absolute Gasteiger partial charge is 0.371 e. The first-order chi connectivity index (χ1) is 10.2. The molecule has 2 fully saturated rings. The third kappa shape index (κ3) is 3.37. The van der Waals surface area contributed by atoms with E-state index in [-0.39, 0.29) is 23.2 Å². The zero-order valence-electron chi connectivity index (χ0n) is 11.8. The van der Waals surface area contributed by atoms with Crippen LogP contribution in [0.2, 0.25) is 0 Å². The molecule has 1 atom stereocenters. The van der Waals surface area contributed by atoms with Crippen molar-refractivity contribution in [2.24, 2.45) is 0 Å². The lowest BCUT2D eigenvalue weighted by atomic mass is 9.92. The average Bonchev–Trinajstić information content (AvgIpc) is 2.89. The normalized spacial score (nSPS) is 23.3. The van der Waals surface area contributed by atoms with Crippen molar-refractivity contribution in [3.63, 3.8) is 0 Å². The van der Waals surface area contributed by atoms with Crippen LogP contribution in [0.5, 0.6) is 0 Å². The number of thioether (sulfide) groups is 1. The summed E-state index contributed by atoms with van der Waals surface area (Å²) in [6.45, 7) is 1.44. The predicted octanol–water partition coefficient (Wildman–Crippen LogP) is 2.04. The second-order valence-corrected chi connectivity index (χ2v) is 7.13. The number of hydrogen-bond acceptors (Lipinski definition) is 4. The number of rotatable bonds is 5. The van der Waals surface area contributed by atoms with Gasteiger partial charge in [0.25, 0.3) is 0 Å². The van der Waals surface area contributed by atoms with Crippen LogP contribution in [0.3, 0.4) is 0 Å². The number of carbonyl (C=O) groups is 1. The highest BCUT2D eigenvalue weighted by molar-refractivity contribution is 8.01. The molecule has 21 heavy (non-hydrogen) atoms. The number of pyridine rings is 1. The van der Waals surface area contributed by atoms with Gasteiger partial charge in [0.1, 0.15) is 0 Å². The lowest BCUT2D eigenvalue weighted by Gasteiger charge is -2.47. The summed E-state index contributed by atoms with van der Waals surface area (Å²) < 4.78 is 18.2. The highest BCUT2D eigenvalue weighted by Gasteiger charge is 2.50. The molecule has 2 aliphatic rings. The van der Waals surface area contributed by atoms with Crippen LogP contribution in [0.1, 0.15) is 18.5 Å². The van der Waals surface area contributed by atoms with Gasteiger partial charge in [-0.05, 0) is 18.6 Å². The van der Waals surface area contributed by atoms with E-state index in [0.29, 0.717) is 6.61 Å². The molecule has 1 unspecified atom stereocenters. The van der Waals surface area contributed by atoms with Crippen molar-refractivity contribution in [2.45, 2.75) is 30.3 Å². The van der Waals surface area contributed by atoms with E-state index < -0.39 is 6.67 Å². The van der Waals surface area contributed by atoms with Crippen molar-refractivity contribution in [2.75, 3.05) is 25.5 Å². The second-order valence-electron chi connectivity index (χ2n) is 5.64. The Labute approximate surface area is 128 Å². The predicted molar refractivity (Wildman–Crippen MR) is 79.8 cm³/mol. The fourth-order valence-corrected chi connectivity index (χ4v) is 4.43. The fraction of sp³-hybridized carbons (Fsp3) is 0.600. The van der Waals surface area contributed by atoms with Gasteiger partial charge in [-0.15, -0.1) is 11.8 Å². The molecule has 1 aromatic rings. The molecule has 0 N–H and O–H groups in total. The number of ether oxygens (including phenoxy) is 1. The van der Waals surface area contributed by atoms with Crippen molar-refractivity contribution in [1.29, 1.82) is 0 Å². The summed E-state index contributed by atoms with van der Waals surface area (Å²) in [4.78, 5) is 17.6. The van der Waals surface area contributed by atoms with E-state index in [1.54, 1.807) is 11.1 Å². The van der Waals surface area contributed by atoms with Crippen LogP contribution in [0.25, 0.3) is 0 Å². The van der Waals surface area contributed by atoms with E-state index >= 15 is 0 Å². The molecular formula is C15H19FN2O2S. The van der Waals surface area contributed by atoms with E-state index in [2.05, 4.69) is 4.98 Å². The Bertz CT molecular complexity index is 494. The third-order valence-corrected chi connectivity index (χ3v) is 5.56. The van der Waals surface area contributed by atoms with Gasteiger partial charge < -0.3 is 9.64 Å². The Hall–Kier alpha value is -1.14. The maximum atomic E-state index is 12.2. The molecule has 0 aliphatic carbocycles. The van der Waals surface area contributed by atoms with Gasteiger partial charge in [-0.25, -0.2) is 0 Å². The zero-order chi connectivity index (χ0) is 14.7. The molecule has 4 nitrogen and oxygen atoms in total. The maximum absolute atomic E-state index is 12.2. The summed E-state index contributed by atoms with van der Waals surface area (Å²) in [5.41, 5.74) is 0.941. The van der Waals surface area contributed by atoms with Crippen LogP contribution in [-0.2, 0) is 16.1 Å². The van der Waals surface area contributed by atoms with Crippen LogP contribution in [0.4, 0.5) is 4.39 Å². The number of nitrogens with zero attached hydrogens (tertiary/aromatic N) is 2. The summed E-state index contributed by atoms with van der Waals surface area (Å²) in [7, 11) is 0. The Balaban J connectivity index is 1.43. The molecule has 6 heteroatoms. The van der Waals surface area contributed by atoms with E-state index in [1.165, 1.54) is 0 Å². The number of halogens is 1. The molecule has 0 aromatic carbocycles. The van der Waals surface area contributed by atoms with Gasteiger partial charge in [0.05, 0.1) is 36.2 Å². The standard InChI is InChI=1S/C15H19FN2O2S/c16-5-4-14(19)18-10-15(11-18)7-13(9-21-15)20-8-12-3-1-2-6-17-12/h1-3,6,13H,4-5,7-11H2. The van der Waals surface area contributed by atoms with Gasteiger partial charge in [-0.2, -0.15) is 0 Å².